The third kappa shape index (κ3) is 6.14. The van der Waals surface area contributed by atoms with E-state index in [2.05, 4.69) is 252 Å². The molecule has 0 saturated heterocycles. The molecule has 0 aliphatic rings. The molecule has 0 unspecified atom stereocenters. The van der Waals surface area contributed by atoms with Gasteiger partial charge in [-0.25, -0.2) is 0 Å². The van der Waals surface area contributed by atoms with Crippen LogP contribution in [0, 0.1) is 0 Å². The second kappa shape index (κ2) is 15.1. The van der Waals surface area contributed by atoms with Gasteiger partial charge in [0.25, 0.3) is 0 Å². The number of aromatic nitrogens is 1. The van der Waals surface area contributed by atoms with E-state index in [9.17, 15) is 0 Å². The molecule has 2 nitrogen and oxygen atoms in total. The quantitative estimate of drug-likeness (QED) is 0.150. The van der Waals surface area contributed by atoms with Crippen LogP contribution in [0.5, 0.6) is 0 Å². The first-order chi connectivity index (χ1) is 29.8. The number of hydrogen-bond acceptors (Lipinski definition) is 1. The van der Waals surface area contributed by atoms with Crippen molar-refractivity contribution < 1.29 is 0 Å². The van der Waals surface area contributed by atoms with E-state index in [1.54, 1.807) is 0 Å². The lowest BCUT2D eigenvalue weighted by Gasteiger charge is -2.27. The molecule has 0 saturated carbocycles. The van der Waals surface area contributed by atoms with Crippen LogP contribution in [0.3, 0.4) is 0 Å². The van der Waals surface area contributed by atoms with Crippen LogP contribution in [0.4, 0.5) is 17.1 Å². The minimum Gasteiger partial charge on any atom is -0.310 e. The number of anilines is 3. The summed E-state index contributed by atoms with van der Waals surface area (Å²) in [6.45, 7) is 0. The molecule has 2 heteroatoms. The summed E-state index contributed by atoms with van der Waals surface area (Å²) in [4.78, 5) is 2.40. The molecule has 0 atom stereocenters. The van der Waals surface area contributed by atoms with Crippen molar-refractivity contribution in [3.05, 3.63) is 243 Å². The largest absolute Gasteiger partial charge is 0.310 e. The summed E-state index contributed by atoms with van der Waals surface area (Å²) in [5, 5.41) is 4.92. The summed E-state index contributed by atoms with van der Waals surface area (Å²) in [5.41, 5.74) is 16.3. The second-order valence-electron chi connectivity index (χ2n) is 15.3. The van der Waals surface area contributed by atoms with E-state index in [1.807, 2.05) is 0 Å². The Kier molecular flexibility index (Phi) is 8.87. The molecule has 0 amide bonds. The fraction of sp³-hybridized carbons (Fsp3) is 0. The van der Waals surface area contributed by atoms with Crippen LogP contribution in [0.1, 0.15) is 0 Å². The fourth-order valence-electron chi connectivity index (χ4n) is 9.09. The number of hydrogen-bond donors (Lipinski definition) is 0. The van der Waals surface area contributed by atoms with Gasteiger partial charge in [-0.3, -0.25) is 0 Å². The van der Waals surface area contributed by atoms with Gasteiger partial charge in [-0.2, -0.15) is 0 Å². The van der Waals surface area contributed by atoms with Crippen LogP contribution in [0.15, 0.2) is 243 Å². The highest BCUT2D eigenvalue weighted by atomic mass is 15.1. The number of nitrogens with zero attached hydrogens (tertiary/aromatic N) is 2. The molecular weight excluding hydrogens is 725 g/mol. The highest BCUT2D eigenvalue weighted by Crippen LogP contribution is 2.45. The molecule has 1 heterocycles. The summed E-state index contributed by atoms with van der Waals surface area (Å²) < 4.78 is 2.47. The second-order valence-corrected chi connectivity index (χ2v) is 15.3. The number of fused-ring (bicyclic) bond motifs is 4. The van der Waals surface area contributed by atoms with Crippen molar-refractivity contribution in [1.29, 1.82) is 0 Å². The van der Waals surface area contributed by atoms with Gasteiger partial charge in [-0.15, -0.1) is 0 Å². The maximum atomic E-state index is 2.47. The van der Waals surface area contributed by atoms with Crippen LogP contribution < -0.4 is 4.90 Å². The van der Waals surface area contributed by atoms with Crippen LogP contribution in [-0.2, 0) is 0 Å². The monoisotopic (exact) mass is 764 g/mol. The molecule has 0 aliphatic carbocycles. The van der Waals surface area contributed by atoms with Gasteiger partial charge in [0.15, 0.2) is 0 Å². The van der Waals surface area contributed by atoms with E-state index in [0.717, 1.165) is 28.3 Å². The molecule has 0 spiro atoms. The summed E-state index contributed by atoms with van der Waals surface area (Å²) in [7, 11) is 0. The van der Waals surface area contributed by atoms with E-state index in [-0.39, 0.29) is 0 Å². The van der Waals surface area contributed by atoms with Crippen molar-refractivity contribution >= 4 is 49.6 Å². The summed E-state index contributed by atoms with van der Waals surface area (Å²) in [5.74, 6) is 0. The normalized spacial score (nSPS) is 11.3. The zero-order valence-electron chi connectivity index (χ0n) is 33.0. The molecular formula is C58H40N2. The first kappa shape index (κ1) is 35.2. The number of rotatable bonds is 8. The first-order valence-electron chi connectivity index (χ1n) is 20.6. The Morgan fingerprint density at radius 1 is 0.267 bits per heavy atom. The van der Waals surface area contributed by atoms with Crippen molar-refractivity contribution in [1.82, 2.24) is 4.57 Å². The van der Waals surface area contributed by atoms with Crippen molar-refractivity contribution in [2.75, 3.05) is 4.90 Å². The molecule has 0 bridgehead atoms. The van der Waals surface area contributed by atoms with Crippen LogP contribution in [0.2, 0.25) is 0 Å². The van der Waals surface area contributed by atoms with E-state index in [4.69, 9.17) is 0 Å². The lowest BCUT2D eigenvalue weighted by molar-refractivity contribution is 1.18. The van der Waals surface area contributed by atoms with Gasteiger partial charge in [0.2, 0.25) is 0 Å². The smallest absolute Gasteiger partial charge is 0.0562 e. The minimum atomic E-state index is 1.08. The molecule has 0 N–H and O–H groups in total. The van der Waals surface area contributed by atoms with Gasteiger partial charge in [-0.05, 0) is 98.2 Å². The van der Waals surface area contributed by atoms with Gasteiger partial charge in [0.05, 0.1) is 16.7 Å². The van der Waals surface area contributed by atoms with Crippen molar-refractivity contribution in [3.63, 3.8) is 0 Å². The molecule has 60 heavy (non-hydrogen) atoms. The summed E-state index contributed by atoms with van der Waals surface area (Å²) in [6, 6.07) is 87.9. The van der Waals surface area contributed by atoms with Crippen molar-refractivity contribution in [2.24, 2.45) is 0 Å². The van der Waals surface area contributed by atoms with Crippen molar-refractivity contribution in [2.45, 2.75) is 0 Å². The van der Waals surface area contributed by atoms with Crippen LogP contribution in [-0.4, -0.2) is 4.57 Å². The first-order valence-corrected chi connectivity index (χ1v) is 20.6. The average Bonchev–Trinajstić information content (AvgIpc) is 3.66. The van der Waals surface area contributed by atoms with Gasteiger partial charge < -0.3 is 9.47 Å². The number of benzene rings is 10. The SMILES string of the molecule is c1ccc(-c2ccccc2-c2ccc(N(c3ccccc3)c3ccc4c5ccccc5n(-c5ccccc5-c5cccc6ccccc56)c4c3)cc2-c2ccccc2)cc1. The van der Waals surface area contributed by atoms with E-state index >= 15 is 0 Å². The summed E-state index contributed by atoms with van der Waals surface area (Å²) >= 11 is 0. The maximum Gasteiger partial charge on any atom is 0.0562 e. The Balaban J connectivity index is 1.14. The highest BCUT2D eigenvalue weighted by Gasteiger charge is 2.21. The lowest BCUT2D eigenvalue weighted by Crippen LogP contribution is -2.10. The Morgan fingerprint density at radius 3 is 1.57 bits per heavy atom. The maximum absolute atomic E-state index is 2.47. The van der Waals surface area contributed by atoms with Gasteiger partial charge >= 0.3 is 0 Å². The van der Waals surface area contributed by atoms with Crippen LogP contribution in [0.25, 0.3) is 82.8 Å². The molecule has 1 aromatic heterocycles. The Labute approximate surface area is 350 Å². The third-order valence-corrected chi connectivity index (χ3v) is 11.8. The van der Waals surface area contributed by atoms with Gasteiger partial charge in [0, 0.05) is 33.4 Å². The lowest BCUT2D eigenvalue weighted by atomic mass is 9.89. The Morgan fingerprint density at radius 2 is 0.783 bits per heavy atom. The van der Waals surface area contributed by atoms with Gasteiger partial charge in [0.1, 0.15) is 0 Å². The standard InChI is InChI=1S/C58H40N2/c1-4-19-41(20-5-1)47-28-12-13-29-49(47)51-37-35-45(39-55(51)43-21-6-2-7-22-43)59(44-25-8-3-9-26-44)46-36-38-54-53-31-15-17-34-57(53)60(58(54)40-46)56-33-16-14-30-52(56)50-32-18-24-42-23-10-11-27-48(42)50/h1-40H. The predicted octanol–water partition coefficient (Wildman–Crippen LogP) is 16.1. The zero-order chi connectivity index (χ0) is 39.8. The highest BCUT2D eigenvalue weighted by molar-refractivity contribution is 6.11. The molecule has 0 aliphatic heterocycles. The Bertz CT molecular complexity index is 3300. The predicted molar refractivity (Wildman–Crippen MR) is 255 cm³/mol. The molecule has 0 radical (unpaired) electrons. The molecule has 10 aromatic carbocycles. The zero-order valence-corrected chi connectivity index (χ0v) is 33.0. The molecule has 11 rings (SSSR count). The van der Waals surface area contributed by atoms with E-state index < -0.39 is 0 Å². The average molecular weight is 765 g/mol. The van der Waals surface area contributed by atoms with Crippen LogP contribution >= 0.6 is 0 Å². The molecule has 11 aromatic rings. The topological polar surface area (TPSA) is 8.17 Å². The fourth-order valence-corrected chi connectivity index (χ4v) is 9.09. The Hall–Kier alpha value is -7.94. The van der Waals surface area contributed by atoms with Crippen molar-refractivity contribution in [3.8, 4) is 50.2 Å². The van der Waals surface area contributed by atoms with E-state index in [0.29, 0.717) is 0 Å². The summed E-state index contributed by atoms with van der Waals surface area (Å²) in [6.07, 6.45) is 0. The number of para-hydroxylation sites is 3. The van der Waals surface area contributed by atoms with E-state index in [1.165, 1.54) is 71.6 Å². The molecule has 282 valence electrons. The molecule has 0 fully saturated rings. The third-order valence-electron chi connectivity index (χ3n) is 11.8. The minimum absolute atomic E-state index is 1.08. The van der Waals surface area contributed by atoms with Gasteiger partial charge in [-0.1, -0.05) is 194 Å².